The summed E-state index contributed by atoms with van der Waals surface area (Å²) in [7, 11) is 0. The Morgan fingerprint density at radius 2 is 1.89 bits per heavy atom. The number of hydrogen-bond acceptors (Lipinski definition) is 6. The quantitative estimate of drug-likeness (QED) is 0.507. The van der Waals surface area contributed by atoms with Gasteiger partial charge in [-0.3, -0.25) is 9.59 Å². The zero-order valence-corrected chi connectivity index (χ0v) is 16.9. The van der Waals surface area contributed by atoms with Crippen molar-refractivity contribution in [1.82, 2.24) is 20.2 Å². The van der Waals surface area contributed by atoms with Gasteiger partial charge in [-0.05, 0) is 73.5 Å². The molecule has 0 saturated carbocycles. The van der Waals surface area contributed by atoms with Crippen molar-refractivity contribution in [3.8, 4) is 5.69 Å². The van der Waals surface area contributed by atoms with Gasteiger partial charge in [-0.25, -0.2) is 0 Å². The van der Waals surface area contributed by atoms with E-state index in [1.54, 1.807) is 35.9 Å². The fraction of sp³-hybridized carbons (Fsp3) is 0.250. The molecule has 0 spiro atoms. The minimum atomic E-state index is -0.433. The van der Waals surface area contributed by atoms with Crippen molar-refractivity contribution in [3.63, 3.8) is 0 Å². The first kappa shape index (κ1) is 19.8. The van der Waals surface area contributed by atoms with Crippen LogP contribution in [0.4, 0.5) is 5.69 Å². The summed E-state index contributed by atoms with van der Waals surface area (Å²) in [6.07, 6.45) is 0. The molecule has 3 aromatic rings. The second kappa shape index (κ2) is 8.35. The zero-order valence-electron chi connectivity index (χ0n) is 16.1. The molecule has 1 aromatic heterocycles. The lowest BCUT2D eigenvalue weighted by atomic mass is 10.1. The lowest BCUT2D eigenvalue weighted by Crippen LogP contribution is -2.23. The molecule has 3 rings (SSSR count). The number of ketones is 1. The van der Waals surface area contributed by atoms with Crippen LogP contribution in [-0.4, -0.2) is 37.1 Å². The van der Waals surface area contributed by atoms with Crippen LogP contribution >= 0.6 is 11.8 Å². The van der Waals surface area contributed by atoms with E-state index in [0.29, 0.717) is 16.4 Å². The zero-order chi connectivity index (χ0) is 20.3. The molecule has 28 heavy (non-hydrogen) atoms. The molecule has 0 aliphatic heterocycles. The maximum absolute atomic E-state index is 12.6. The number of thioether (sulfide) groups is 1. The van der Waals surface area contributed by atoms with Crippen LogP contribution in [-0.2, 0) is 4.79 Å². The number of aryl methyl sites for hydroxylation is 2. The van der Waals surface area contributed by atoms with Gasteiger partial charge in [0, 0.05) is 11.3 Å². The standard InChI is InChI=1S/C20H21N5O2S/c1-12-8-9-18(10-13(12)2)25-20(22-23-24-25)28-15(4)19(27)21-17-7-5-6-16(11-17)14(3)26/h5-11,15H,1-4H3,(H,21,27)/t15-/m1/s1. The summed E-state index contributed by atoms with van der Waals surface area (Å²) in [4.78, 5) is 24.1. The van der Waals surface area contributed by atoms with Crippen molar-refractivity contribution in [3.05, 3.63) is 59.2 Å². The van der Waals surface area contributed by atoms with Gasteiger partial charge in [-0.2, -0.15) is 4.68 Å². The molecule has 1 heterocycles. The molecule has 0 fully saturated rings. The first-order valence-electron chi connectivity index (χ1n) is 8.79. The highest BCUT2D eigenvalue weighted by molar-refractivity contribution is 8.00. The minimum Gasteiger partial charge on any atom is -0.325 e. The van der Waals surface area contributed by atoms with Gasteiger partial charge in [0.25, 0.3) is 0 Å². The summed E-state index contributed by atoms with van der Waals surface area (Å²) in [5.41, 5.74) is 4.31. The van der Waals surface area contributed by atoms with E-state index in [9.17, 15) is 9.59 Å². The van der Waals surface area contributed by atoms with Crippen molar-refractivity contribution in [1.29, 1.82) is 0 Å². The highest BCUT2D eigenvalue weighted by atomic mass is 32.2. The number of benzene rings is 2. The molecule has 0 aliphatic rings. The van der Waals surface area contributed by atoms with E-state index in [4.69, 9.17) is 0 Å². The molecule has 2 aromatic carbocycles. The number of rotatable bonds is 6. The van der Waals surface area contributed by atoms with Gasteiger partial charge in [-0.1, -0.05) is 30.0 Å². The molecule has 0 unspecified atom stereocenters. The maximum Gasteiger partial charge on any atom is 0.237 e. The Labute approximate surface area is 167 Å². The summed E-state index contributed by atoms with van der Waals surface area (Å²) >= 11 is 1.27. The molecule has 0 bridgehead atoms. The first-order valence-corrected chi connectivity index (χ1v) is 9.67. The third-order valence-corrected chi connectivity index (χ3v) is 5.40. The van der Waals surface area contributed by atoms with Crippen LogP contribution in [0.15, 0.2) is 47.6 Å². The van der Waals surface area contributed by atoms with Crippen LogP contribution in [0.1, 0.15) is 35.3 Å². The molecule has 144 valence electrons. The number of hydrogen-bond donors (Lipinski definition) is 1. The van der Waals surface area contributed by atoms with E-state index < -0.39 is 5.25 Å². The number of aromatic nitrogens is 4. The SMILES string of the molecule is CC(=O)c1cccc(NC(=O)[C@@H](C)Sc2nnnn2-c2ccc(C)c(C)c2)c1. The van der Waals surface area contributed by atoms with Gasteiger partial charge in [0.1, 0.15) is 0 Å². The number of carbonyl (C=O) groups excluding carboxylic acids is 2. The van der Waals surface area contributed by atoms with E-state index in [2.05, 4.69) is 20.8 Å². The van der Waals surface area contributed by atoms with Gasteiger partial charge in [0.05, 0.1) is 10.9 Å². The summed E-state index contributed by atoms with van der Waals surface area (Å²) in [5, 5.41) is 14.8. The Morgan fingerprint density at radius 1 is 1.11 bits per heavy atom. The van der Waals surface area contributed by atoms with E-state index in [1.165, 1.54) is 24.2 Å². The topological polar surface area (TPSA) is 89.8 Å². The summed E-state index contributed by atoms with van der Waals surface area (Å²) in [6.45, 7) is 7.35. The Hall–Kier alpha value is -3.00. The Morgan fingerprint density at radius 3 is 2.61 bits per heavy atom. The van der Waals surface area contributed by atoms with Gasteiger partial charge in [0.2, 0.25) is 11.1 Å². The Bertz CT molecular complexity index is 1030. The number of Topliss-reactive ketones (excluding diaryl/α,β-unsaturated/α-hetero) is 1. The van der Waals surface area contributed by atoms with Crippen molar-refractivity contribution < 1.29 is 9.59 Å². The molecule has 1 N–H and O–H groups in total. The highest BCUT2D eigenvalue weighted by Gasteiger charge is 2.20. The van der Waals surface area contributed by atoms with Crippen LogP contribution < -0.4 is 5.32 Å². The minimum absolute atomic E-state index is 0.0499. The lowest BCUT2D eigenvalue weighted by molar-refractivity contribution is -0.115. The first-order chi connectivity index (χ1) is 13.3. The van der Waals surface area contributed by atoms with Crippen LogP contribution in [0, 0.1) is 13.8 Å². The van der Waals surface area contributed by atoms with Crippen molar-refractivity contribution in [2.75, 3.05) is 5.32 Å². The maximum atomic E-state index is 12.6. The average Bonchev–Trinajstić information content (AvgIpc) is 3.12. The van der Waals surface area contributed by atoms with Crippen molar-refractivity contribution in [2.24, 2.45) is 0 Å². The summed E-state index contributed by atoms with van der Waals surface area (Å²) in [6, 6.07) is 12.8. The predicted molar refractivity (Wildman–Crippen MR) is 109 cm³/mol. The van der Waals surface area contributed by atoms with E-state index in [1.807, 2.05) is 32.0 Å². The average molecular weight is 395 g/mol. The number of carbonyl (C=O) groups is 2. The number of tetrazole rings is 1. The van der Waals surface area contributed by atoms with Crippen molar-refractivity contribution in [2.45, 2.75) is 38.1 Å². The highest BCUT2D eigenvalue weighted by Crippen LogP contribution is 2.25. The molecule has 0 radical (unpaired) electrons. The second-order valence-corrected chi connectivity index (χ2v) is 7.84. The third kappa shape index (κ3) is 4.45. The van der Waals surface area contributed by atoms with Crippen LogP contribution in [0.5, 0.6) is 0 Å². The Kier molecular flexibility index (Phi) is 5.89. The van der Waals surface area contributed by atoms with E-state index in [0.717, 1.165) is 11.3 Å². The fourth-order valence-corrected chi connectivity index (χ4v) is 3.35. The lowest BCUT2D eigenvalue weighted by Gasteiger charge is -2.12. The van der Waals surface area contributed by atoms with Gasteiger partial charge >= 0.3 is 0 Å². The number of amides is 1. The summed E-state index contributed by atoms with van der Waals surface area (Å²) < 4.78 is 1.62. The predicted octanol–water partition coefficient (Wildman–Crippen LogP) is 3.60. The van der Waals surface area contributed by atoms with Crippen LogP contribution in [0.3, 0.4) is 0 Å². The second-order valence-electron chi connectivity index (χ2n) is 6.53. The van der Waals surface area contributed by atoms with Crippen molar-refractivity contribution >= 4 is 29.1 Å². The molecule has 0 saturated heterocycles. The number of nitrogens with zero attached hydrogens (tertiary/aromatic N) is 4. The molecule has 8 heteroatoms. The number of nitrogens with one attached hydrogen (secondary N) is 1. The van der Waals surface area contributed by atoms with Gasteiger partial charge in [-0.15, -0.1) is 5.10 Å². The normalized spacial score (nSPS) is 11.9. The molecule has 7 nitrogen and oxygen atoms in total. The van der Waals surface area contributed by atoms with Crippen LogP contribution in [0.25, 0.3) is 5.69 Å². The van der Waals surface area contributed by atoms with Gasteiger partial charge < -0.3 is 5.32 Å². The fourth-order valence-electron chi connectivity index (χ4n) is 2.54. The smallest absolute Gasteiger partial charge is 0.237 e. The van der Waals surface area contributed by atoms with Gasteiger partial charge in [0.15, 0.2) is 5.78 Å². The van der Waals surface area contributed by atoms with Crippen LogP contribution in [0.2, 0.25) is 0 Å². The summed E-state index contributed by atoms with van der Waals surface area (Å²) in [5.74, 6) is -0.244. The molecule has 1 amide bonds. The molecule has 1 atom stereocenters. The molecule has 0 aliphatic carbocycles. The van der Waals surface area contributed by atoms with E-state index in [-0.39, 0.29) is 11.7 Å². The largest absolute Gasteiger partial charge is 0.325 e. The number of anilines is 1. The van der Waals surface area contributed by atoms with E-state index >= 15 is 0 Å². The Balaban J connectivity index is 1.73. The molecular weight excluding hydrogens is 374 g/mol. The third-order valence-electron chi connectivity index (χ3n) is 4.36. The monoisotopic (exact) mass is 395 g/mol. The molecular formula is C20H21N5O2S.